The second-order valence-electron chi connectivity index (χ2n) is 13.9. The highest BCUT2D eigenvalue weighted by molar-refractivity contribution is 5.82. The maximum atomic E-state index is 12.6. The van der Waals surface area contributed by atoms with Crippen LogP contribution in [-0.4, -0.2) is 80.1 Å². The van der Waals surface area contributed by atoms with Gasteiger partial charge in [0.05, 0.1) is 13.2 Å². The number of carbonyl (C=O) groups is 3. The van der Waals surface area contributed by atoms with Gasteiger partial charge in [-0.05, 0) is 47.1 Å². The van der Waals surface area contributed by atoms with Crippen molar-refractivity contribution in [3.8, 4) is 0 Å². The molecule has 12 heteroatoms. The van der Waals surface area contributed by atoms with Gasteiger partial charge in [-0.25, -0.2) is 4.79 Å². The number of nitrogens with two attached hydrogens (primary N) is 1. The number of amides is 3. The maximum absolute atomic E-state index is 12.6. The van der Waals surface area contributed by atoms with Gasteiger partial charge in [0.15, 0.2) is 11.6 Å². The van der Waals surface area contributed by atoms with Crippen LogP contribution in [0.15, 0.2) is 30.3 Å². The SMILES string of the molecule is CC.C[C@@H](N)CNC(=O)[C@@H]1OC(C)(C)OCC1(C)C.C[C@H](CNC(=O)[C@@H]1OC(C)(C)OCC1(C)C)NC(=O)OCc1ccccc1. The van der Waals surface area contributed by atoms with Crippen molar-refractivity contribution < 1.29 is 38.1 Å². The minimum atomic E-state index is -0.803. The summed E-state index contributed by atoms with van der Waals surface area (Å²) in [5.41, 5.74) is 5.75. The third kappa shape index (κ3) is 14.3. The fourth-order valence-corrected chi connectivity index (χ4v) is 4.36. The van der Waals surface area contributed by atoms with Crippen molar-refractivity contribution in [3.05, 3.63) is 35.9 Å². The van der Waals surface area contributed by atoms with Crippen LogP contribution in [0.25, 0.3) is 0 Å². The zero-order valence-corrected chi connectivity index (χ0v) is 30.1. The quantitative estimate of drug-likeness (QED) is 0.306. The van der Waals surface area contributed by atoms with Gasteiger partial charge in [-0.2, -0.15) is 0 Å². The summed E-state index contributed by atoms with van der Waals surface area (Å²) >= 11 is 0. The first-order valence-electron chi connectivity index (χ1n) is 16.1. The minimum absolute atomic E-state index is 0.0603. The van der Waals surface area contributed by atoms with E-state index in [2.05, 4.69) is 16.0 Å². The largest absolute Gasteiger partial charge is 0.445 e. The molecule has 0 radical (unpaired) electrons. The summed E-state index contributed by atoms with van der Waals surface area (Å²) in [6.07, 6.45) is -1.66. The molecule has 2 fully saturated rings. The van der Waals surface area contributed by atoms with Gasteiger partial charge in [0, 0.05) is 36.0 Å². The number of hydrogen-bond donors (Lipinski definition) is 4. The van der Waals surface area contributed by atoms with Crippen LogP contribution in [0.2, 0.25) is 0 Å². The fourth-order valence-electron chi connectivity index (χ4n) is 4.36. The molecule has 3 amide bonds. The molecular weight excluding hydrogens is 592 g/mol. The van der Waals surface area contributed by atoms with Crippen molar-refractivity contribution in [1.29, 1.82) is 0 Å². The molecule has 5 N–H and O–H groups in total. The van der Waals surface area contributed by atoms with Gasteiger partial charge in [-0.15, -0.1) is 0 Å². The molecule has 0 aromatic heterocycles. The third-order valence-electron chi connectivity index (χ3n) is 7.04. The van der Waals surface area contributed by atoms with Gasteiger partial charge in [-0.3, -0.25) is 9.59 Å². The lowest BCUT2D eigenvalue weighted by Gasteiger charge is -2.44. The van der Waals surface area contributed by atoms with Crippen molar-refractivity contribution in [3.63, 3.8) is 0 Å². The highest BCUT2D eigenvalue weighted by atomic mass is 16.7. The smallest absolute Gasteiger partial charge is 0.407 e. The number of nitrogens with one attached hydrogen (secondary N) is 3. The number of hydrogen-bond acceptors (Lipinski definition) is 9. The lowest BCUT2D eigenvalue weighted by Crippen LogP contribution is -2.57. The molecular formula is C34H60N4O8. The Hall–Kier alpha value is -2.77. The van der Waals surface area contributed by atoms with Crippen molar-refractivity contribution in [2.75, 3.05) is 26.3 Å². The Morgan fingerprint density at radius 1 is 0.804 bits per heavy atom. The van der Waals surface area contributed by atoms with E-state index < -0.39 is 35.3 Å². The second-order valence-corrected chi connectivity index (χ2v) is 13.9. The summed E-state index contributed by atoms with van der Waals surface area (Å²) in [6.45, 7) is 24.5. The lowest BCUT2D eigenvalue weighted by atomic mass is 9.85. The van der Waals surface area contributed by atoms with E-state index in [1.807, 2.05) is 92.6 Å². The summed E-state index contributed by atoms with van der Waals surface area (Å²) in [6, 6.07) is 9.09. The van der Waals surface area contributed by atoms with E-state index >= 15 is 0 Å². The Labute approximate surface area is 276 Å². The van der Waals surface area contributed by atoms with Crippen LogP contribution in [0.3, 0.4) is 0 Å². The standard InChI is InChI=1S/C20H30N2O5.C12H24N2O3.C2H6/c1-14(22-18(24)25-12-15-9-7-6-8-10-15)11-21-17(23)16-19(2,3)13-26-20(4,5)27-16;1-8(13)6-14-10(15)9-11(2,3)7-16-12(4,5)17-9;1-2/h6-10,14,16H,11-13H2,1-5H3,(H,21,23)(H,22,24);8-9H,6-7,13H2,1-5H3,(H,14,15);1-2H3/t14-,16+;8-,9+;/m11./s1. The molecule has 2 aliphatic rings. The van der Waals surface area contributed by atoms with Gasteiger partial charge in [0.1, 0.15) is 18.8 Å². The summed E-state index contributed by atoms with van der Waals surface area (Å²) in [4.78, 5) is 36.5. The molecule has 1 aromatic rings. The number of carbonyl (C=O) groups excluding carboxylic acids is 3. The van der Waals surface area contributed by atoms with Gasteiger partial charge in [-0.1, -0.05) is 71.9 Å². The maximum Gasteiger partial charge on any atom is 0.407 e. The molecule has 4 atom stereocenters. The van der Waals surface area contributed by atoms with Crippen LogP contribution in [-0.2, 0) is 39.9 Å². The van der Waals surface area contributed by atoms with Crippen molar-refractivity contribution in [1.82, 2.24) is 16.0 Å². The van der Waals surface area contributed by atoms with Gasteiger partial charge < -0.3 is 45.4 Å². The lowest BCUT2D eigenvalue weighted by molar-refractivity contribution is -0.304. The minimum Gasteiger partial charge on any atom is -0.445 e. The number of alkyl carbamates (subject to hydrolysis) is 1. The predicted molar refractivity (Wildman–Crippen MR) is 178 cm³/mol. The molecule has 264 valence electrons. The van der Waals surface area contributed by atoms with Crippen molar-refractivity contribution in [2.24, 2.45) is 16.6 Å². The van der Waals surface area contributed by atoms with Gasteiger partial charge >= 0.3 is 6.09 Å². The van der Waals surface area contributed by atoms with Gasteiger partial charge in [0.25, 0.3) is 0 Å². The van der Waals surface area contributed by atoms with E-state index in [0.29, 0.717) is 19.8 Å². The molecule has 2 aliphatic heterocycles. The molecule has 0 unspecified atom stereocenters. The highest BCUT2D eigenvalue weighted by Crippen LogP contribution is 2.35. The fraction of sp³-hybridized carbons (Fsp3) is 0.735. The van der Waals surface area contributed by atoms with E-state index in [1.165, 1.54) is 0 Å². The topological polar surface area (TPSA) is 159 Å². The monoisotopic (exact) mass is 652 g/mol. The Balaban J connectivity index is 0.000000479. The molecule has 46 heavy (non-hydrogen) atoms. The van der Waals surface area contributed by atoms with E-state index in [1.54, 1.807) is 20.8 Å². The first kappa shape index (κ1) is 41.3. The van der Waals surface area contributed by atoms with Crippen LogP contribution in [0.1, 0.15) is 88.6 Å². The summed E-state index contributed by atoms with van der Waals surface area (Å²) in [7, 11) is 0. The van der Waals surface area contributed by atoms with E-state index in [-0.39, 0.29) is 42.5 Å². The zero-order valence-electron chi connectivity index (χ0n) is 30.1. The first-order chi connectivity index (χ1) is 21.2. The average Bonchev–Trinajstić information content (AvgIpc) is 2.98. The summed E-state index contributed by atoms with van der Waals surface area (Å²) < 4.78 is 27.9. The van der Waals surface area contributed by atoms with Crippen LogP contribution in [0.4, 0.5) is 4.79 Å². The normalized spacial score (nSPS) is 23.4. The third-order valence-corrected chi connectivity index (χ3v) is 7.04. The average molecular weight is 653 g/mol. The number of ether oxygens (including phenoxy) is 5. The molecule has 3 rings (SSSR count). The van der Waals surface area contributed by atoms with E-state index in [4.69, 9.17) is 29.4 Å². The number of benzene rings is 1. The molecule has 12 nitrogen and oxygen atoms in total. The first-order valence-corrected chi connectivity index (χ1v) is 16.1. The predicted octanol–water partition coefficient (Wildman–Crippen LogP) is 4.25. The highest BCUT2D eigenvalue weighted by Gasteiger charge is 2.46. The Morgan fingerprint density at radius 3 is 1.67 bits per heavy atom. The van der Waals surface area contributed by atoms with Crippen LogP contribution in [0, 0.1) is 10.8 Å². The van der Waals surface area contributed by atoms with Crippen LogP contribution < -0.4 is 21.7 Å². The Bertz CT molecular complexity index is 1090. The van der Waals surface area contributed by atoms with Crippen LogP contribution in [0.5, 0.6) is 0 Å². The second kappa shape index (κ2) is 18.0. The Kier molecular flexibility index (Phi) is 16.1. The molecule has 2 heterocycles. The number of rotatable bonds is 9. The summed E-state index contributed by atoms with van der Waals surface area (Å²) in [5.74, 6) is -1.86. The Morgan fingerprint density at radius 2 is 1.24 bits per heavy atom. The van der Waals surface area contributed by atoms with Crippen LogP contribution >= 0.6 is 0 Å². The molecule has 0 bridgehead atoms. The molecule has 2 saturated heterocycles. The van der Waals surface area contributed by atoms with E-state index in [9.17, 15) is 14.4 Å². The molecule has 0 aliphatic carbocycles. The molecule has 1 aromatic carbocycles. The summed E-state index contributed by atoms with van der Waals surface area (Å²) in [5, 5.41) is 8.34. The van der Waals surface area contributed by atoms with Gasteiger partial charge in [0.2, 0.25) is 11.8 Å². The zero-order chi connectivity index (χ0) is 35.3. The van der Waals surface area contributed by atoms with Crippen molar-refractivity contribution >= 4 is 17.9 Å². The molecule has 0 saturated carbocycles. The van der Waals surface area contributed by atoms with Crippen molar-refractivity contribution in [2.45, 2.75) is 126 Å². The van der Waals surface area contributed by atoms with E-state index in [0.717, 1.165) is 5.56 Å². The molecule has 0 spiro atoms.